The van der Waals surface area contributed by atoms with Crippen LogP contribution in [0, 0.1) is 0 Å². The lowest BCUT2D eigenvalue weighted by Crippen LogP contribution is -2.19. The molecule has 0 radical (unpaired) electrons. The largest absolute Gasteiger partial charge is 0.573 e. The smallest absolute Gasteiger partial charge is 0.491 e. The van der Waals surface area contributed by atoms with Crippen LogP contribution in [0.3, 0.4) is 0 Å². The number of halogens is 4. The summed E-state index contributed by atoms with van der Waals surface area (Å²) in [6.07, 6.45) is -4.91. The van der Waals surface area contributed by atoms with E-state index in [9.17, 15) is 18.0 Å². The Morgan fingerprint density at radius 3 is 2.55 bits per heavy atom. The van der Waals surface area contributed by atoms with Crippen LogP contribution in [-0.4, -0.2) is 31.0 Å². The van der Waals surface area contributed by atoms with Gasteiger partial charge in [-0.1, -0.05) is 15.9 Å². The Kier molecular flexibility index (Phi) is 5.61. The molecule has 0 bridgehead atoms. The van der Waals surface area contributed by atoms with Crippen LogP contribution in [0.25, 0.3) is 0 Å². The van der Waals surface area contributed by atoms with E-state index in [0.29, 0.717) is 0 Å². The summed E-state index contributed by atoms with van der Waals surface area (Å²) in [5, 5.41) is 0.137. The lowest BCUT2D eigenvalue weighted by molar-refractivity contribution is -0.275. The minimum Gasteiger partial charge on any atom is -0.491 e. The molecule has 9 heteroatoms. The number of alkyl halides is 4. The Labute approximate surface area is 121 Å². The normalized spacial score (nSPS) is 11.1. The van der Waals surface area contributed by atoms with Gasteiger partial charge in [-0.2, -0.15) is 0 Å². The highest BCUT2D eigenvalue weighted by molar-refractivity contribution is 9.08. The fraction of sp³-hybridized carbons (Fsp3) is 0.455. The molecule has 5 nitrogen and oxygen atoms in total. The summed E-state index contributed by atoms with van der Waals surface area (Å²) in [6.45, 7) is 1.61. The number of nitrogens with zero attached hydrogens (tertiary/aromatic N) is 1. The van der Waals surface area contributed by atoms with Crippen molar-refractivity contribution in [3.63, 3.8) is 0 Å². The predicted molar refractivity (Wildman–Crippen MR) is 66.1 cm³/mol. The first-order valence-corrected chi connectivity index (χ1v) is 6.51. The second kappa shape index (κ2) is 6.78. The number of rotatable bonds is 5. The standard InChI is InChI=1S/C11H11BrF3NO4/c1-3-19-10(17)8-9(18-2)7(20-11(13,14)15)4-6(5-12)16-8/h4H,3,5H2,1-2H3. The number of hydrogen-bond donors (Lipinski definition) is 0. The van der Waals surface area contributed by atoms with E-state index < -0.39 is 23.8 Å². The number of ether oxygens (including phenoxy) is 3. The zero-order valence-electron chi connectivity index (χ0n) is 10.6. The number of hydrogen-bond acceptors (Lipinski definition) is 5. The number of esters is 1. The Morgan fingerprint density at radius 1 is 1.45 bits per heavy atom. The molecular formula is C11H11BrF3NO4. The SMILES string of the molecule is CCOC(=O)c1nc(CBr)cc(OC(F)(F)F)c1OC. The third kappa shape index (κ3) is 4.26. The van der Waals surface area contributed by atoms with Crippen molar-refractivity contribution < 1.29 is 32.2 Å². The first-order chi connectivity index (χ1) is 9.32. The molecule has 0 aliphatic rings. The fourth-order valence-corrected chi connectivity index (χ4v) is 1.65. The van der Waals surface area contributed by atoms with Gasteiger partial charge < -0.3 is 14.2 Å². The van der Waals surface area contributed by atoms with Gasteiger partial charge in [-0.3, -0.25) is 0 Å². The van der Waals surface area contributed by atoms with E-state index >= 15 is 0 Å². The van der Waals surface area contributed by atoms with Crippen molar-refractivity contribution in [2.45, 2.75) is 18.6 Å². The summed E-state index contributed by atoms with van der Waals surface area (Å²) in [5.41, 5.74) is -0.196. The van der Waals surface area contributed by atoms with Crippen molar-refractivity contribution >= 4 is 21.9 Å². The molecule has 112 valence electrons. The van der Waals surface area contributed by atoms with Crippen LogP contribution in [0.4, 0.5) is 13.2 Å². The third-order valence-electron chi connectivity index (χ3n) is 2.03. The van der Waals surface area contributed by atoms with Gasteiger partial charge in [0.2, 0.25) is 0 Å². The highest BCUT2D eigenvalue weighted by Crippen LogP contribution is 2.35. The number of carbonyl (C=O) groups is 1. The van der Waals surface area contributed by atoms with E-state index in [-0.39, 0.29) is 23.3 Å². The Hall–Kier alpha value is -1.51. The summed E-state index contributed by atoms with van der Waals surface area (Å²) in [4.78, 5) is 15.6. The van der Waals surface area contributed by atoms with E-state index in [1.54, 1.807) is 6.92 Å². The lowest BCUT2D eigenvalue weighted by atomic mass is 10.2. The summed E-state index contributed by atoms with van der Waals surface area (Å²) in [6, 6.07) is 1.03. The van der Waals surface area contributed by atoms with Crippen molar-refractivity contribution in [2.24, 2.45) is 0 Å². The molecule has 1 aromatic rings. The first kappa shape index (κ1) is 16.5. The second-order valence-corrected chi connectivity index (χ2v) is 3.96. The molecule has 0 amide bonds. The molecule has 0 saturated heterocycles. The van der Waals surface area contributed by atoms with Crippen molar-refractivity contribution in [3.8, 4) is 11.5 Å². The molecule has 0 N–H and O–H groups in total. The van der Waals surface area contributed by atoms with E-state index in [0.717, 1.165) is 13.2 Å². The minimum absolute atomic E-state index is 0.0532. The van der Waals surface area contributed by atoms with Gasteiger partial charge in [0.05, 0.1) is 19.4 Å². The van der Waals surface area contributed by atoms with Gasteiger partial charge in [-0.25, -0.2) is 9.78 Å². The van der Waals surface area contributed by atoms with Crippen LogP contribution < -0.4 is 9.47 Å². The maximum atomic E-state index is 12.3. The number of methoxy groups -OCH3 is 1. The number of carbonyl (C=O) groups excluding carboxylic acids is 1. The van der Waals surface area contributed by atoms with Crippen LogP contribution >= 0.6 is 15.9 Å². The van der Waals surface area contributed by atoms with Gasteiger partial charge >= 0.3 is 12.3 Å². The zero-order chi connectivity index (χ0) is 15.3. The molecule has 0 atom stereocenters. The maximum Gasteiger partial charge on any atom is 0.573 e. The van der Waals surface area contributed by atoms with Crippen LogP contribution in [0.2, 0.25) is 0 Å². The summed E-state index contributed by atoms with van der Waals surface area (Å²) >= 11 is 3.05. The topological polar surface area (TPSA) is 57.7 Å². The van der Waals surface area contributed by atoms with Crippen molar-refractivity contribution in [3.05, 3.63) is 17.5 Å². The fourth-order valence-electron chi connectivity index (χ4n) is 1.36. The molecule has 0 saturated carbocycles. The second-order valence-electron chi connectivity index (χ2n) is 3.40. The van der Waals surface area contributed by atoms with E-state index in [1.165, 1.54) is 0 Å². The summed E-state index contributed by atoms with van der Waals surface area (Å²) < 4.78 is 50.4. The molecule has 0 fully saturated rings. The van der Waals surface area contributed by atoms with Gasteiger partial charge in [0, 0.05) is 11.4 Å². The summed E-state index contributed by atoms with van der Waals surface area (Å²) in [7, 11) is 1.11. The van der Waals surface area contributed by atoms with Crippen molar-refractivity contribution in [1.29, 1.82) is 0 Å². The summed E-state index contributed by atoms with van der Waals surface area (Å²) in [5.74, 6) is -1.96. The lowest BCUT2D eigenvalue weighted by Gasteiger charge is -2.15. The van der Waals surface area contributed by atoms with Gasteiger partial charge in [0.25, 0.3) is 0 Å². The van der Waals surface area contributed by atoms with Crippen molar-refractivity contribution in [1.82, 2.24) is 4.98 Å². The van der Waals surface area contributed by atoms with Gasteiger partial charge in [-0.05, 0) is 6.92 Å². The Morgan fingerprint density at radius 2 is 2.10 bits per heavy atom. The molecule has 0 aliphatic heterocycles. The maximum absolute atomic E-state index is 12.3. The van der Waals surface area contributed by atoms with Gasteiger partial charge in [0.15, 0.2) is 17.2 Å². The molecule has 1 heterocycles. The predicted octanol–water partition coefficient (Wildman–Crippen LogP) is 3.06. The molecular weight excluding hydrogens is 347 g/mol. The Bertz CT molecular complexity index is 493. The molecule has 0 aromatic carbocycles. The molecule has 1 rings (SSSR count). The third-order valence-corrected chi connectivity index (χ3v) is 2.60. The molecule has 0 spiro atoms. The molecule has 20 heavy (non-hydrogen) atoms. The first-order valence-electron chi connectivity index (χ1n) is 5.39. The monoisotopic (exact) mass is 357 g/mol. The van der Waals surface area contributed by atoms with E-state index in [1.807, 2.05) is 0 Å². The van der Waals surface area contributed by atoms with Gasteiger partial charge in [-0.15, -0.1) is 13.2 Å². The van der Waals surface area contributed by atoms with E-state index in [4.69, 9.17) is 9.47 Å². The highest BCUT2D eigenvalue weighted by atomic mass is 79.9. The van der Waals surface area contributed by atoms with Crippen molar-refractivity contribution in [2.75, 3.05) is 13.7 Å². The van der Waals surface area contributed by atoms with Crippen LogP contribution in [-0.2, 0) is 10.1 Å². The average molecular weight is 358 g/mol. The van der Waals surface area contributed by atoms with Crippen LogP contribution in [0.15, 0.2) is 6.07 Å². The highest BCUT2D eigenvalue weighted by Gasteiger charge is 2.34. The van der Waals surface area contributed by atoms with E-state index in [2.05, 4.69) is 25.7 Å². The number of aromatic nitrogens is 1. The van der Waals surface area contributed by atoms with Crippen LogP contribution in [0.1, 0.15) is 23.1 Å². The Balaban J connectivity index is 3.34. The minimum atomic E-state index is -4.91. The molecule has 0 aliphatic carbocycles. The quantitative estimate of drug-likeness (QED) is 0.598. The number of pyridine rings is 1. The van der Waals surface area contributed by atoms with Gasteiger partial charge in [0.1, 0.15) is 0 Å². The van der Waals surface area contributed by atoms with Crippen LogP contribution in [0.5, 0.6) is 11.5 Å². The zero-order valence-corrected chi connectivity index (χ0v) is 12.2. The molecule has 0 unspecified atom stereocenters. The molecule has 1 aromatic heterocycles. The average Bonchev–Trinajstić information content (AvgIpc) is 2.36.